The van der Waals surface area contributed by atoms with Gasteiger partial charge in [-0.1, -0.05) is 0 Å². The number of anilines is 1. The van der Waals surface area contributed by atoms with E-state index >= 15 is 0 Å². The number of nitrogens with zero attached hydrogens (tertiary/aromatic N) is 3. The van der Waals surface area contributed by atoms with Crippen LogP contribution < -0.4 is 5.73 Å². The van der Waals surface area contributed by atoms with E-state index in [9.17, 15) is 14.7 Å². The number of carbonyl (C=O) groups is 2. The van der Waals surface area contributed by atoms with Crippen LogP contribution in [0.2, 0.25) is 0 Å². The van der Waals surface area contributed by atoms with E-state index in [4.69, 9.17) is 5.73 Å². The number of hydrogen-bond donors (Lipinski definition) is 2. The fourth-order valence-electron chi connectivity index (χ4n) is 2.22. The average Bonchev–Trinajstić information content (AvgIpc) is 2.37. The molecule has 1 aliphatic heterocycles. The Morgan fingerprint density at radius 3 is 2.11 bits per heavy atom. The smallest absolute Gasteiger partial charge is 0.329 e. The van der Waals surface area contributed by atoms with E-state index in [0.29, 0.717) is 11.3 Å². The Labute approximate surface area is 110 Å². The second-order valence-corrected chi connectivity index (χ2v) is 4.54. The number of carbonyl (C=O) groups excluding carboxylic acids is 2. The first-order valence-corrected chi connectivity index (χ1v) is 5.70. The number of aromatic hydroxyl groups is 1. The zero-order valence-electron chi connectivity index (χ0n) is 11.0. The molecule has 1 saturated heterocycles. The third-order valence-electron chi connectivity index (χ3n) is 3.24. The number of benzene rings is 1. The number of rotatable bonds is 1. The van der Waals surface area contributed by atoms with E-state index in [1.165, 1.54) is 22.9 Å². The van der Waals surface area contributed by atoms with Gasteiger partial charge in [0.15, 0.2) is 0 Å². The molecular weight excluding hydrogens is 248 g/mol. The highest BCUT2D eigenvalue weighted by Gasteiger charge is 2.40. The number of amides is 4. The lowest BCUT2D eigenvalue weighted by Crippen LogP contribution is -2.58. The summed E-state index contributed by atoms with van der Waals surface area (Å²) >= 11 is 0. The maximum Gasteiger partial charge on any atom is 0.329 e. The summed E-state index contributed by atoms with van der Waals surface area (Å²) in [6.07, 6.45) is -0.656. The molecule has 0 bridgehead atoms. The van der Waals surface area contributed by atoms with Gasteiger partial charge in [0.2, 0.25) is 0 Å². The Morgan fingerprint density at radius 1 is 1.11 bits per heavy atom. The topological polar surface area (TPSA) is 90.1 Å². The highest BCUT2D eigenvalue weighted by Crippen LogP contribution is 2.34. The predicted octanol–water partition coefficient (Wildman–Crippen LogP) is 1.02. The molecule has 1 aromatic carbocycles. The minimum atomic E-state index is -0.656. The van der Waals surface area contributed by atoms with Gasteiger partial charge >= 0.3 is 12.1 Å². The van der Waals surface area contributed by atoms with E-state index in [-0.39, 0.29) is 5.75 Å². The van der Waals surface area contributed by atoms with Crippen molar-refractivity contribution in [2.45, 2.75) is 6.17 Å². The zero-order valence-corrected chi connectivity index (χ0v) is 11.0. The van der Waals surface area contributed by atoms with Gasteiger partial charge in [-0.2, -0.15) is 0 Å². The molecular formula is C12H16N4O3. The molecule has 0 radical (unpaired) electrons. The lowest BCUT2D eigenvalue weighted by molar-refractivity contribution is 0.0592. The van der Waals surface area contributed by atoms with Crippen LogP contribution in [0.5, 0.6) is 5.75 Å². The molecule has 0 spiro atoms. The fraction of sp³-hybridized carbons (Fsp3) is 0.333. The van der Waals surface area contributed by atoms with Gasteiger partial charge in [-0.25, -0.2) is 14.5 Å². The summed E-state index contributed by atoms with van der Waals surface area (Å²) in [4.78, 5) is 27.7. The minimum Gasteiger partial charge on any atom is -0.507 e. The maximum atomic E-state index is 11.9. The summed E-state index contributed by atoms with van der Waals surface area (Å²) in [7, 11) is 4.56. The van der Waals surface area contributed by atoms with Crippen molar-refractivity contribution in [1.82, 2.24) is 14.7 Å². The van der Waals surface area contributed by atoms with Crippen LogP contribution in [0.15, 0.2) is 18.2 Å². The minimum absolute atomic E-state index is 0.0474. The Bertz CT molecular complexity index is 524. The number of nitrogens with two attached hydrogens (primary N) is 1. The van der Waals surface area contributed by atoms with Crippen molar-refractivity contribution in [3.8, 4) is 5.75 Å². The van der Waals surface area contributed by atoms with Crippen molar-refractivity contribution in [3.63, 3.8) is 0 Å². The zero-order chi connectivity index (χ0) is 14.3. The second-order valence-electron chi connectivity index (χ2n) is 4.54. The van der Waals surface area contributed by atoms with E-state index in [1.807, 2.05) is 0 Å². The Morgan fingerprint density at radius 2 is 1.63 bits per heavy atom. The van der Waals surface area contributed by atoms with Gasteiger partial charge < -0.3 is 20.6 Å². The quantitative estimate of drug-likeness (QED) is 0.741. The summed E-state index contributed by atoms with van der Waals surface area (Å²) in [5.74, 6) is -0.0474. The predicted molar refractivity (Wildman–Crippen MR) is 69.3 cm³/mol. The van der Waals surface area contributed by atoms with Crippen molar-refractivity contribution < 1.29 is 14.7 Å². The van der Waals surface area contributed by atoms with Gasteiger partial charge in [-0.3, -0.25) is 0 Å². The van der Waals surface area contributed by atoms with Gasteiger partial charge in [0, 0.05) is 38.5 Å². The molecule has 0 aromatic heterocycles. The molecule has 7 nitrogen and oxygen atoms in total. The number of imide groups is 1. The Hall–Kier alpha value is -2.44. The highest BCUT2D eigenvalue weighted by atomic mass is 16.3. The van der Waals surface area contributed by atoms with Gasteiger partial charge in [0.25, 0.3) is 0 Å². The van der Waals surface area contributed by atoms with E-state index in [0.717, 1.165) is 4.90 Å². The molecule has 1 fully saturated rings. The standard InChI is InChI=1S/C12H16N4O3/c1-14-10(8-5-4-7(13)6-9(8)17)15(2)12(19)16(3)11(14)18/h4-6,10,17H,13H2,1-3H3. The van der Waals surface area contributed by atoms with Gasteiger partial charge in [0.1, 0.15) is 11.9 Å². The van der Waals surface area contributed by atoms with E-state index in [2.05, 4.69) is 0 Å². The first-order valence-electron chi connectivity index (χ1n) is 5.70. The molecule has 0 aliphatic carbocycles. The molecule has 1 aromatic rings. The monoisotopic (exact) mass is 264 g/mol. The SMILES string of the molecule is CN1C(=O)N(C)C(c2ccc(N)cc2O)N(C)C1=O. The first-order chi connectivity index (χ1) is 8.84. The van der Waals surface area contributed by atoms with Crippen LogP contribution in [0.4, 0.5) is 15.3 Å². The van der Waals surface area contributed by atoms with Crippen LogP contribution >= 0.6 is 0 Å². The summed E-state index contributed by atoms with van der Waals surface area (Å²) in [5, 5.41) is 9.95. The largest absolute Gasteiger partial charge is 0.507 e. The maximum absolute atomic E-state index is 11.9. The van der Waals surface area contributed by atoms with Gasteiger partial charge in [-0.15, -0.1) is 0 Å². The number of nitrogen functional groups attached to an aromatic ring is 1. The number of hydrogen-bond acceptors (Lipinski definition) is 4. The molecule has 19 heavy (non-hydrogen) atoms. The van der Waals surface area contributed by atoms with E-state index in [1.54, 1.807) is 26.2 Å². The van der Waals surface area contributed by atoms with Crippen LogP contribution in [0.3, 0.4) is 0 Å². The molecule has 7 heteroatoms. The molecule has 0 saturated carbocycles. The molecule has 3 N–H and O–H groups in total. The van der Waals surface area contributed by atoms with Crippen molar-refractivity contribution in [2.75, 3.05) is 26.9 Å². The summed E-state index contributed by atoms with van der Waals surface area (Å²) in [6, 6.07) is 3.76. The van der Waals surface area contributed by atoms with Gasteiger partial charge in [-0.05, 0) is 12.1 Å². The molecule has 1 aliphatic rings. The average molecular weight is 264 g/mol. The van der Waals surface area contributed by atoms with Gasteiger partial charge in [0.05, 0.1) is 0 Å². The summed E-state index contributed by atoms with van der Waals surface area (Å²) < 4.78 is 0. The molecule has 0 unspecified atom stereocenters. The van der Waals surface area contributed by atoms with Crippen molar-refractivity contribution in [2.24, 2.45) is 0 Å². The number of phenolic OH excluding ortho intramolecular Hbond substituents is 1. The third-order valence-corrected chi connectivity index (χ3v) is 3.24. The number of urea groups is 2. The highest BCUT2D eigenvalue weighted by molar-refractivity contribution is 5.95. The molecule has 4 amide bonds. The van der Waals surface area contributed by atoms with Crippen molar-refractivity contribution in [1.29, 1.82) is 0 Å². The lowest BCUT2D eigenvalue weighted by Gasteiger charge is -2.43. The molecule has 2 rings (SSSR count). The summed E-state index contributed by atoms with van der Waals surface area (Å²) in [6.45, 7) is 0. The Kier molecular flexibility index (Phi) is 2.97. The first kappa shape index (κ1) is 13.0. The Balaban J connectivity index is 2.47. The van der Waals surface area contributed by atoms with E-state index < -0.39 is 18.2 Å². The van der Waals surface area contributed by atoms with Crippen LogP contribution in [0.1, 0.15) is 11.7 Å². The van der Waals surface area contributed by atoms with Crippen LogP contribution in [0.25, 0.3) is 0 Å². The summed E-state index contributed by atoms with van der Waals surface area (Å²) in [5.41, 5.74) is 6.44. The number of phenols is 1. The second kappa shape index (κ2) is 4.34. The van der Waals surface area contributed by atoms with Crippen molar-refractivity contribution >= 4 is 17.7 Å². The molecule has 102 valence electrons. The van der Waals surface area contributed by atoms with Crippen LogP contribution in [-0.4, -0.2) is 53.0 Å². The lowest BCUT2D eigenvalue weighted by atomic mass is 10.1. The molecule has 1 heterocycles. The third kappa shape index (κ3) is 1.92. The molecule has 0 atom stereocenters. The fourth-order valence-corrected chi connectivity index (χ4v) is 2.22. The normalized spacial score (nSPS) is 17.3. The van der Waals surface area contributed by atoms with Crippen LogP contribution in [0, 0.1) is 0 Å². The van der Waals surface area contributed by atoms with Crippen LogP contribution in [-0.2, 0) is 0 Å². The van der Waals surface area contributed by atoms with Crippen molar-refractivity contribution in [3.05, 3.63) is 23.8 Å².